The molecular weight excluding hydrogens is 316 g/mol. The van der Waals surface area contributed by atoms with Crippen molar-refractivity contribution >= 4 is 29.5 Å². The van der Waals surface area contributed by atoms with E-state index in [1.165, 1.54) is 0 Å². The van der Waals surface area contributed by atoms with Crippen LogP contribution in [0, 0.1) is 11.8 Å². The van der Waals surface area contributed by atoms with E-state index in [2.05, 4.69) is 5.32 Å². The summed E-state index contributed by atoms with van der Waals surface area (Å²) < 4.78 is 0. The quantitative estimate of drug-likeness (QED) is 0.800. The molecule has 0 aromatic rings. The molecule has 0 spiro atoms. The molecule has 0 aromatic carbocycles. The molecule has 6 nitrogen and oxygen atoms in total. The van der Waals surface area contributed by atoms with Gasteiger partial charge in [0, 0.05) is 19.0 Å². The molecule has 3 fully saturated rings. The van der Waals surface area contributed by atoms with E-state index in [0.717, 1.165) is 43.7 Å². The van der Waals surface area contributed by atoms with Crippen LogP contribution in [0.1, 0.15) is 38.5 Å². The summed E-state index contributed by atoms with van der Waals surface area (Å²) in [6.45, 7) is 1.16. The van der Waals surface area contributed by atoms with Gasteiger partial charge in [-0.25, -0.2) is 4.79 Å². The lowest BCUT2D eigenvalue weighted by molar-refractivity contribution is -0.149. The van der Waals surface area contributed by atoms with Crippen molar-refractivity contribution in [2.45, 2.75) is 44.1 Å². The highest BCUT2D eigenvalue weighted by atomic mass is 32.2. The third kappa shape index (κ3) is 3.65. The molecule has 23 heavy (non-hydrogen) atoms. The standard InChI is InChI=1S/C16H24N2O4S/c19-13(17-16(15(21)22)5-8-23-9-6-16)12-2-1-7-18(10-12)14(20)11-3-4-11/h11-12H,1-10H2,(H,17,19)(H,21,22). The fourth-order valence-electron chi connectivity index (χ4n) is 3.43. The van der Waals surface area contributed by atoms with Gasteiger partial charge < -0.3 is 15.3 Å². The summed E-state index contributed by atoms with van der Waals surface area (Å²) in [5.74, 6) is 0.423. The first-order chi connectivity index (χ1) is 11.0. The number of hydrogen-bond donors (Lipinski definition) is 2. The second-order valence-electron chi connectivity index (χ2n) is 6.89. The zero-order chi connectivity index (χ0) is 16.4. The largest absolute Gasteiger partial charge is 0.480 e. The lowest BCUT2D eigenvalue weighted by Gasteiger charge is -2.37. The molecule has 128 valence electrons. The highest BCUT2D eigenvalue weighted by molar-refractivity contribution is 7.99. The number of nitrogens with zero attached hydrogens (tertiary/aromatic N) is 1. The number of carboxylic acids is 1. The van der Waals surface area contributed by atoms with Crippen LogP contribution in [0.25, 0.3) is 0 Å². The van der Waals surface area contributed by atoms with Crippen molar-refractivity contribution in [1.29, 1.82) is 0 Å². The molecule has 7 heteroatoms. The summed E-state index contributed by atoms with van der Waals surface area (Å²) >= 11 is 1.72. The number of carbonyl (C=O) groups is 3. The Balaban J connectivity index is 1.62. The zero-order valence-corrected chi connectivity index (χ0v) is 14.1. The van der Waals surface area contributed by atoms with Crippen LogP contribution in [0.15, 0.2) is 0 Å². The van der Waals surface area contributed by atoms with Crippen LogP contribution in [0.4, 0.5) is 0 Å². The first kappa shape index (κ1) is 16.6. The lowest BCUT2D eigenvalue weighted by Crippen LogP contribution is -2.59. The van der Waals surface area contributed by atoms with E-state index in [9.17, 15) is 19.5 Å². The number of amides is 2. The van der Waals surface area contributed by atoms with Crippen molar-refractivity contribution < 1.29 is 19.5 Å². The number of piperidine rings is 1. The van der Waals surface area contributed by atoms with Crippen LogP contribution < -0.4 is 5.32 Å². The third-order valence-corrected chi connectivity index (χ3v) is 6.13. The van der Waals surface area contributed by atoms with Gasteiger partial charge in [-0.2, -0.15) is 11.8 Å². The maximum Gasteiger partial charge on any atom is 0.329 e. The normalized spacial score (nSPS) is 27.3. The van der Waals surface area contributed by atoms with E-state index in [-0.39, 0.29) is 23.7 Å². The molecule has 1 atom stereocenters. The van der Waals surface area contributed by atoms with Gasteiger partial charge in [-0.15, -0.1) is 0 Å². The molecule has 1 saturated carbocycles. The molecule has 2 heterocycles. The molecule has 3 rings (SSSR count). The predicted molar refractivity (Wildman–Crippen MR) is 87.1 cm³/mol. The van der Waals surface area contributed by atoms with Gasteiger partial charge in [0.25, 0.3) is 0 Å². The van der Waals surface area contributed by atoms with Crippen molar-refractivity contribution in [3.8, 4) is 0 Å². The number of hydrogen-bond acceptors (Lipinski definition) is 4. The Morgan fingerprint density at radius 2 is 1.78 bits per heavy atom. The van der Waals surface area contributed by atoms with Crippen LogP contribution >= 0.6 is 11.8 Å². The van der Waals surface area contributed by atoms with E-state index >= 15 is 0 Å². The monoisotopic (exact) mass is 340 g/mol. The summed E-state index contributed by atoms with van der Waals surface area (Å²) in [5, 5.41) is 12.4. The zero-order valence-electron chi connectivity index (χ0n) is 13.3. The molecule has 1 unspecified atom stereocenters. The second kappa shape index (κ2) is 6.71. The van der Waals surface area contributed by atoms with Crippen LogP contribution in [-0.2, 0) is 14.4 Å². The summed E-state index contributed by atoms with van der Waals surface area (Å²) in [4.78, 5) is 38.3. The fourth-order valence-corrected chi connectivity index (χ4v) is 4.62. The van der Waals surface area contributed by atoms with Crippen molar-refractivity contribution in [2.75, 3.05) is 24.6 Å². The number of nitrogens with one attached hydrogen (secondary N) is 1. The molecule has 1 aliphatic carbocycles. The fraction of sp³-hybridized carbons (Fsp3) is 0.812. The van der Waals surface area contributed by atoms with Gasteiger partial charge in [0.05, 0.1) is 5.92 Å². The summed E-state index contributed by atoms with van der Waals surface area (Å²) in [5.41, 5.74) is -1.12. The maximum atomic E-state index is 12.6. The average molecular weight is 340 g/mol. The van der Waals surface area contributed by atoms with Gasteiger partial charge in [0.2, 0.25) is 11.8 Å². The van der Waals surface area contributed by atoms with Gasteiger partial charge in [-0.3, -0.25) is 9.59 Å². The summed E-state index contributed by atoms with van der Waals surface area (Å²) in [6.07, 6.45) is 4.40. The van der Waals surface area contributed by atoms with Crippen molar-refractivity contribution in [1.82, 2.24) is 10.2 Å². The first-order valence-corrected chi connectivity index (χ1v) is 9.59. The van der Waals surface area contributed by atoms with E-state index in [1.54, 1.807) is 16.7 Å². The Morgan fingerprint density at radius 1 is 1.09 bits per heavy atom. The SMILES string of the molecule is O=C(NC1(C(=O)O)CCSCC1)C1CCCN(C(=O)C2CC2)C1. The Labute approximate surface area is 140 Å². The first-order valence-electron chi connectivity index (χ1n) is 8.44. The van der Waals surface area contributed by atoms with Gasteiger partial charge in [-0.05, 0) is 50.0 Å². The molecule has 2 amide bonds. The molecule has 3 aliphatic rings. The molecule has 2 saturated heterocycles. The number of rotatable bonds is 4. The number of thioether (sulfide) groups is 1. The number of carbonyl (C=O) groups excluding carboxylic acids is 2. The van der Waals surface area contributed by atoms with Crippen LogP contribution in [0.2, 0.25) is 0 Å². The Hall–Kier alpha value is -1.24. The third-order valence-electron chi connectivity index (χ3n) is 5.15. The molecule has 2 N–H and O–H groups in total. The molecule has 0 aromatic heterocycles. The molecule has 2 aliphatic heterocycles. The number of likely N-dealkylation sites (tertiary alicyclic amines) is 1. The smallest absolute Gasteiger partial charge is 0.329 e. The highest BCUT2D eigenvalue weighted by Crippen LogP contribution is 2.33. The van der Waals surface area contributed by atoms with E-state index in [1.807, 2.05) is 0 Å². The van der Waals surface area contributed by atoms with Gasteiger partial charge in [0.1, 0.15) is 5.54 Å². The van der Waals surface area contributed by atoms with Gasteiger partial charge >= 0.3 is 5.97 Å². The highest BCUT2D eigenvalue weighted by Gasteiger charge is 2.43. The van der Waals surface area contributed by atoms with Crippen molar-refractivity contribution in [3.63, 3.8) is 0 Å². The topological polar surface area (TPSA) is 86.7 Å². The van der Waals surface area contributed by atoms with Crippen LogP contribution in [-0.4, -0.2) is 57.9 Å². The minimum absolute atomic E-state index is 0.164. The van der Waals surface area contributed by atoms with E-state index < -0.39 is 11.5 Å². The van der Waals surface area contributed by atoms with E-state index in [0.29, 0.717) is 19.4 Å². The minimum atomic E-state index is -1.12. The number of aliphatic carboxylic acids is 1. The van der Waals surface area contributed by atoms with Gasteiger partial charge in [-0.1, -0.05) is 0 Å². The maximum absolute atomic E-state index is 12.6. The Morgan fingerprint density at radius 3 is 2.39 bits per heavy atom. The van der Waals surface area contributed by atoms with Crippen molar-refractivity contribution in [2.24, 2.45) is 11.8 Å². The molecule has 0 bridgehead atoms. The number of carboxylic acid groups (broad SMARTS) is 1. The van der Waals surface area contributed by atoms with Crippen LogP contribution in [0.3, 0.4) is 0 Å². The average Bonchev–Trinajstić information content (AvgIpc) is 3.40. The van der Waals surface area contributed by atoms with E-state index in [4.69, 9.17) is 0 Å². The van der Waals surface area contributed by atoms with Crippen molar-refractivity contribution in [3.05, 3.63) is 0 Å². The summed E-state index contributed by atoms with van der Waals surface area (Å²) in [6, 6.07) is 0. The summed E-state index contributed by atoms with van der Waals surface area (Å²) in [7, 11) is 0. The Bertz CT molecular complexity index is 500. The Kier molecular flexibility index (Phi) is 4.85. The molecular formula is C16H24N2O4S. The molecule has 0 radical (unpaired) electrons. The van der Waals surface area contributed by atoms with Gasteiger partial charge in [0.15, 0.2) is 0 Å². The lowest BCUT2D eigenvalue weighted by atomic mass is 9.89. The predicted octanol–water partition coefficient (Wildman–Crippen LogP) is 1.10. The van der Waals surface area contributed by atoms with Crippen LogP contribution in [0.5, 0.6) is 0 Å². The minimum Gasteiger partial charge on any atom is -0.480 e. The second-order valence-corrected chi connectivity index (χ2v) is 8.11.